The third-order valence-electron chi connectivity index (χ3n) is 8.88. The number of hydrogen-bond acceptors (Lipinski definition) is 2. The van der Waals surface area contributed by atoms with Crippen molar-refractivity contribution < 1.29 is 0 Å². The number of hydrogen-bond donors (Lipinski definition) is 0. The molecule has 4 aromatic heterocycles. The van der Waals surface area contributed by atoms with Crippen LogP contribution in [0.2, 0.25) is 0 Å². The van der Waals surface area contributed by atoms with Gasteiger partial charge in [0, 0.05) is 62.5 Å². The Hall–Kier alpha value is -5.16. The fourth-order valence-corrected chi connectivity index (χ4v) is 7.41. The molecule has 4 nitrogen and oxygen atoms in total. The number of pyridine rings is 2. The molecule has 0 unspecified atom stereocenters. The average molecular weight is 494 g/mol. The predicted molar refractivity (Wildman–Crippen MR) is 161 cm³/mol. The van der Waals surface area contributed by atoms with Gasteiger partial charge in [-0.25, -0.2) is 0 Å². The van der Waals surface area contributed by atoms with Crippen molar-refractivity contribution in [3.63, 3.8) is 0 Å². The Labute approximate surface area is 223 Å². The van der Waals surface area contributed by atoms with Gasteiger partial charge in [-0.1, -0.05) is 66.7 Å². The van der Waals surface area contributed by atoms with Crippen LogP contribution < -0.4 is 16.4 Å². The minimum Gasteiger partial charge on any atom is -0.310 e. The van der Waals surface area contributed by atoms with E-state index in [0.717, 1.165) is 5.52 Å². The fourth-order valence-electron chi connectivity index (χ4n) is 7.41. The molecule has 0 fully saturated rings. The average Bonchev–Trinajstić information content (AvgIpc) is 3.52. The number of aromatic nitrogens is 4. The third kappa shape index (κ3) is 2.29. The summed E-state index contributed by atoms with van der Waals surface area (Å²) >= 11 is 0. The summed E-state index contributed by atoms with van der Waals surface area (Å²) in [6.45, 7) is 0.141. The Morgan fingerprint density at radius 1 is 0.513 bits per heavy atom. The van der Waals surface area contributed by atoms with Gasteiger partial charge in [0.25, 0.3) is 6.71 Å². The molecule has 10 rings (SSSR count). The normalized spacial score (nSPS) is 13.1. The van der Waals surface area contributed by atoms with Crippen LogP contribution in [0.3, 0.4) is 0 Å². The van der Waals surface area contributed by atoms with E-state index >= 15 is 0 Å². The van der Waals surface area contributed by atoms with Crippen molar-refractivity contribution in [1.82, 2.24) is 19.1 Å². The van der Waals surface area contributed by atoms with Crippen molar-refractivity contribution in [2.45, 2.75) is 0 Å². The summed E-state index contributed by atoms with van der Waals surface area (Å²) in [5.74, 6) is 0. The lowest BCUT2D eigenvalue weighted by Crippen LogP contribution is -2.59. The van der Waals surface area contributed by atoms with Crippen LogP contribution in [0.1, 0.15) is 0 Å². The smallest absolute Gasteiger partial charge is 0.252 e. The van der Waals surface area contributed by atoms with Crippen LogP contribution in [0.25, 0.3) is 66.1 Å². The molecule has 0 atom stereocenters. The van der Waals surface area contributed by atoms with Gasteiger partial charge in [0.1, 0.15) is 0 Å². The highest BCUT2D eigenvalue weighted by Crippen LogP contribution is 2.39. The summed E-state index contributed by atoms with van der Waals surface area (Å²) in [7, 11) is 0. The van der Waals surface area contributed by atoms with Crippen LogP contribution in [0.5, 0.6) is 0 Å². The molecule has 0 amide bonds. The molecule has 2 aliphatic rings. The molecule has 0 spiro atoms. The van der Waals surface area contributed by atoms with E-state index in [4.69, 9.17) is 0 Å². The van der Waals surface area contributed by atoms with E-state index < -0.39 is 0 Å². The molecule has 39 heavy (non-hydrogen) atoms. The van der Waals surface area contributed by atoms with E-state index in [1.807, 2.05) is 24.8 Å². The van der Waals surface area contributed by atoms with Crippen LogP contribution in [0.15, 0.2) is 116 Å². The first kappa shape index (κ1) is 19.9. The van der Waals surface area contributed by atoms with Crippen molar-refractivity contribution in [3.8, 4) is 22.5 Å². The topological polar surface area (TPSA) is 35.6 Å². The number of nitrogens with zero attached hydrogens (tertiary/aromatic N) is 4. The monoisotopic (exact) mass is 494 g/mol. The molecular formula is C34H19BN4. The first-order valence-electron chi connectivity index (χ1n) is 13.4. The largest absolute Gasteiger partial charge is 0.310 e. The van der Waals surface area contributed by atoms with E-state index in [0.29, 0.717) is 0 Å². The second-order valence-electron chi connectivity index (χ2n) is 10.7. The van der Waals surface area contributed by atoms with Gasteiger partial charge in [0.15, 0.2) is 0 Å². The standard InChI is InChI=1S/C34H19BN4/c1-2-6-20(7-3-1)21-16-29-32-30(17-21)39-31-19-37-14-12-22(31)23-8-4-10-26(33(23)39)35(32)27-11-5-9-24-25-18-36-15-13-28(25)38(29)34(24)27/h1-19H. The van der Waals surface area contributed by atoms with E-state index in [2.05, 4.69) is 110 Å². The van der Waals surface area contributed by atoms with Crippen LogP contribution in [-0.2, 0) is 0 Å². The molecule has 2 aliphatic heterocycles. The minimum atomic E-state index is 0.141. The van der Waals surface area contributed by atoms with Gasteiger partial charge in [-0.05, 0) is 51.8 Å². The lowest BCUT2D eigenvalue weighted by Gasteiger charge is -2.34. The molecule has 0 radical (unpaired) electrons. The number of para-hydroxylation sites is 2. The Morgan fingerprint density at radius 2 is 1.18 bits per heavy atom. The number of rotatable bonds is 1. The van der Waals surface area contributed by atoms with Crippen molar-refractivity contribution in [3.05, 3.63) is 116 Å². The van der Waals surface area contributed by atoms with Gasteiger partial charge in [-0.2, -0.15) is 0 Å². The Kier molecular flexibility index (Phi) is 3.48. The first-order chi connectivity index (χ1) is 19.4. The Morgan fingerprint density at radius 3 is 1.95 bits per heavy atom. The molecule has 8 aromatic rings. The molecule has 0 saturated heterocycles. The summed E-state index contributed by atoms with van der Waals surface area (Å²) < 4.78 is 4.95. The second-order valence-corrected chi connectivity index (χ2v) is 10.7. The van der Waals surface area contributed by atoms with E-state index in [1.54, 1.807) is 0 Å². The molecular weight excluding hydrogens is 475 g/mol. The zero-order valence-electron chi connectivity index (χ0n) is 20.8. The van der Waals surface area contributed by atoms with Crippen LogP contribution in [0.4, 0.5) is 0 Å². The lowest BCUT2D eigenvalue weighted by molar-refractivity contribution is 1.14. The van der Waals surface area contributed by atoms with Gasteiger partial charge >= 0.3 is 0 Å². The van der Waals surface area contributed by atoms with Crippen LogP contribution in [0, 0.1) is 0 Å². The van der Waals surface area contributed by atoms with Crippen molar-refractivity contribution in [2.75, 3.05) is 0 Å². The zero-order valence-corrected chi connectivity index (χ0v) is 20.8. The molecule has 0 saturated carbocycles. The van der Waals surface area contributed by atoms with Gasteiger partial charge in [-0.15, -0.1) is 0 Å². The van der Waals surface area contributed by atoms with Gasteiger partial charge < -0.3 is 9.13 Å². The van der Waals surface area contributed by atoms with Crippen molar-refractivity contribution in [2.24, 2.45) is 0 Å². The van der Waals surface area contributed by atoms with Crippen LogP contribution >= 0.6 is 0 Å². The highest BCUT2D eigenvalue weighted by Gasteiger charge is 2.40. The molecule has 178 valence electrons. The predicted octanol–water partition coefficient (Wildman–Crippen LogP) is 5.48. The molecule has 4 aromatic carbocycles. The fraction of sp³-hybridized carbons (Fsp3) is 0. The lowest BCUT2D eigenvalue weighted by atomic mass is 9.34. The van der Waals surface area contributed by atoms with Gasteiger partial charge in [0.05, 0.1) is 17.2 Å². The Bertz CT molecular complexity index is 2200. The van der Waals surface area contributed by atoms with Gasteiger partial charge in [0.2, 0.25) is 0 Å². The summed E-state index contributed by atoms with van der Waals surface area (Å²) in [4.78, 5) is 9.08. The summed E-state index contributed by atoms with van der Waals surface area (Å²) in [5.41, 5.74) is 13.9. The second kappa shape index (κ2) is 6.83. The highest BCUT2D eigenvalue weighted by molar-refractivity contribution is 7.00. The zero-order chi connectivity index (χ0) is 25.2. The van der Waals surface area contributed by atoms with Crippen molar-refractivity contribution in [1.29, 1.82) is 0 Å². The summed E-state index contributed by atoms with van der Waals surface area (Å²) in [6, 6.07) is 33.4. The first-order valence-corrected chi connectivity index (χ1v) is 13.4. The highest BCUT2D eigenvalue weighted by atomic mass is 15.0. The van der Waals surface area contributed by atoms with E-state index in [1.165, 1.54) is 77.0 Å². The number of benzene rings is 4. The van der Waals surface area contributed by atoms with E-state index in [9.17, 15) is 0 Å². The summed E-state index contributed by atoms with van der Waals surface area (Å²) in [5, 5.41) is 4.98. The Balaban J connectivity index is 1.49. The molecule has 0 aliphatic carbocycles. The number of fused-ring (bicyclic) bond motifs is 10. The maximum absolute atomic E-state index is 4.57. The maximum Gasteiger partial charge on any atom is 0.252 e. The summed E-state index contributed by atoms with van der Waals surface area (Å²) in [6.07, 6.45) is 7.86. The van der Waals surface area contributed by atoms with Crippen LogP contribution in [-0.4, -0.2) is 25.8 Å². The quantitative estimate of drug-likeness (QED) is 0.284. The maximum atomic E-state index is 4.57. The van der Waals surface area contributed by atoms with E-state index in [-0.39, 0.29) is 6.71 Å². The SMILES string of the molecule is c1ccc(-c2cc3c4c(c2)-n2c5cnccc5c5cccc(c52)B4c2cccc4c5cnccc5n-3c24)cc1. The molecule has 5 heteroatoms. The van der Waals surface area contributed by atoms with Crippen molar-refractivity contribution >= 4 is 66.7 Å². The minimum absolute atomic E-state index is 0.141. The third-order valence-corrected chi connectivity index (χ3v) is 8.88. The molecule has 6 heterocycles. The molecule has 0 N–H and O–H groups in total. The molecule has 0 bridgehead atoms. The van der Waals surface area contributed by atoms with Gasteiger partial charge in [-0.3, -0.25) is 9.97 Å².